The quantitative estimate of drug-likeness (QED) is 0.745. The number of aromatic nitrogens is 1. The number of hydrogen-bond donors (Lipinski definition) is 0. The zero-order valence-electron chi connectivity index (χ0n) is 8.10. The van der Waals surface area contributed by atoms with Gasteiger partial charge in [0.1, 0.15) is 29.3 Å². The molecule has 0 radical (unpaired) electrons. The van der Waals surface area contributed by atoms with Crippen LogP contribution in [0, 0.1) is 11.3 Å². The summed E-state index contributed by atoms with van der Waals surface area (Å²) >= 11 is 0. The Morgan fingerprint density at radius 1 is 1.33 bits per heavy atom. The molecule has 0 spiro atoms. The fourth-order valence-corrected chi connectivity index (χ4v) is 1.27. The Labute approximate surface area is 86.7 Å². The Morgan fingerprint density at radius 2 is 2.07 bits per heavy atom. The van der Waals surface area contributed by atoms with E-state index in [2.05, 4.69) is 5.16 Å². The molecule has 0 aliphatic rings. The zero-order chi connectivity index (χ0) is 10.7. The summed E-state index contributed by atoms with van der Waals surface area (Å²) in [4.78, 5) is 0. The smallest absolute Gasteiger partial charge is 0.142 e. The maximum absolute atomic E-state index is 8.79. The van der Waals surface area contributed by atoms with Gasteiger partial charge in [0.2, 0.25) is 0 Å². The molecular formula is C11H8N2O2. The Bertz CT molecular complexity index is 494. The first-order valence-corrected chi connectivity index (χ1v) is 4.34. The van der Waals surface area contributed by atoms with Crippen LogP contribution in [-0.2, 0) is 0 Å². The second-order valence-corrected chi connectivity index (χ2v) is 2.92. The van der Waals surface area contributed by atoms with Crippen LogP contribution in [-0.4, -0.2) is 12.3 Å². The molecule has 1 heterocycles. The van der Waals surface area contributed by atoms with E-state index in [-0.39, 0.29) is 0 Å². The normalized spacial score (nSPS) is 9.60. The summed E-state index contributed by atoms with van der Waals surface area (Å²) in [7, 11) is 1.60. The third-order valence-corrected chi connectivity index (χ3v) is 2.05. The number of ether oxygens (including phenoxy) is 1. The van der Waals surface area contributed by atoms with Gasteiger partial charge in [0.25, 0.3) is 0 Å². The molecule has 0 bridgehead atoms. The molecular weight excluding hydrogens is 192 g/mol. The topological polar surface area (TPSA) is 59.1 Å². The Balaban J connectivity index is 2.42. The highest BCUT2D eigenvalue weighted by atomic mass is 16.5. The summed E-state index contributed by atoms with van der Waals surface area (Å²) in [5.74, 6) is 0.765. The zero-order valence-corrected chi connectivity index (χ0v) is 8.10. The molecule has 74 valence electrons. The third-order valence-electron chi connectivity index (χ3n) is 2.05. The molecule has 0 fully saturated rings. The van der Waals surface area contributed by atoms with Gasteiger partial charge in [-0.1, -0.05) is 5.16 Å². The van der Waals surface area contributed by atoms with E-state index in [0.717, 1.165) is 11.3 Å². The second-order valence-electron chi connectivity index (χ2n) is 2.92. The lowest BCUT2D eigenvalue weighted by Crippen LogP contribution is -1.84. The van der Waals surface area contributed by atoms with Gasteiger partial charge in [0.05, 0.1) is 7.11 Å². The van der Waals surface area contributed by atoms with Gasteiger partial charge in [0.15, 0.2) is 0 Å². The molecule has 2 rings (SSSR count). The Kier molecular flexibility index (Phi) is 2.38. The standard InChI is InChI=1S/C11H8N2O2/c1-14-10-4-2-8(3-5-10)11-9(6-12)7-15-13-11/h2-5,7H,1H3. The highest BCUT2D eigenvalue weighted by Crippen LogP contribution is 2.23. The predicted molar refractivity (Wildman–Crippen MR) is 53.2 cm³/mol. The number of nitriles is 1. The molecule has 1 aromatic heterocycles. The van der Waals surface area contributed by atoms with Crippen molar-refractivity contribution in [3.05, 3.63) is 36.1 Å². The first-order valence-electron chi connectivity index (χ1n) is 4.34. The lowest BCUT2D eigenvalue weighted by Gasteiger charge is -2.00. The van der Waals surface area contributed by atoms with Gasteiger partial charge < -0.3 is 9.26 Å². The Morgan fingerprint density at radius 3 is 2.67 bits per heavy atom. The number of methoxy groups -OCH3 is 1. The van der Waals surface area contributed by atoms with Crippen molar-refractivity contribution < 1.29 is 9.26 Å². The number of nitrogens with zero attached hydrogens (tertiary/aromatic N) is 2. The lowest BCUT2D eigenvalue weighted by molar-refractivity contribution is 0.414. The van der Waals surface area contributed by atoms with Crippen molar-refractivity contribution in [1.29, 1.82) is 5.26 Å². The van der Waals surface area contributed by atoms with Crippen molar-refractivity contribution in [2.75, 3.05) is 7.11 Å². The van der Waals surface area contributed by atoms with E-state index in [1.54, 1.807) is 7.11 Å². The van der Waals surface area contributed by atoms with Crippen LogP contribution in [0.5, 0.6) is 5.75 Å². The first-order chi connectivity index (χ1) is 7.35. The van der Waals surface area contributed by atoms with E-state index < -0.39 is 0 Å². The molecule has 15 heavy (non-hydrogen) atoms. The summed E-state index contributed by atoms with van der Waals surface area (Å²) in [6.45, 7) is 0. The van der Waals surface area contributed by atoms with Gasteiger partial charge in [-0.3, -0.25) is 0 Å². The van der Waals surface area contributed by atoms with Gasteiger partial charge in [0, 0.05) is 5.56 Å². The van der Waals surface area contributed by atoms with Gasteiger partial charge in [-0.15, -0.1) is 0 Å². The van der Waals surface area contributed by atoms with Crippen LogP contribution in [0.1, 0.15) is 5.56 Å². The summed E-state index contributed by atoms with van der Waals surface area (Å²) in [6.07, 6.45) is 1.33. The minimum atomic E-state index is 0.431. The minimum absolute atomic E-state index is 0.431. The Hall–Kier alpha value is -2.28. The number of rotatable bonds is 2. The molecule has 4 nitrogen and oxygen atoms in total. The molecule has 0 aliphatic carbocycles. The molecule has 2 aromatic rings. The van der Waals surface area contributed by atoms with Crippen molar-refractivity contribution in [2.45, 2.75) is 0 Å². The van der Waals surface area contributed by atoms with Crippen LogP contribution in [0.25, 0.3) is 11.3 Å². The second kappa shape index (κ2) is 3.84. The van der Waals surface area contributed by atoms with Crippen molar-refractivity contribution >= 4 is 0 Å². The summed E-state index contributed by atoms with van der Waals surface area (Å²) < 4.78 is 9.78. The third kappa shape index (κ3) is 1.67. The van der Waals surface area contributed by atoms with E-state index in [4.69, 9.17) is 14.5 Å². The molecule has 0 aliphatic heterocycles. The van der Waals surface area contributed by atoms with Crippen LogP contribution in [0.3, 0.4) is 0 Å². The van der Waals surface area contributed by atoms with Gasteiger partial charge in [-0.2, -0.15) is 5.26 Å². The van der Waals surface area contributed by atoms with Gasteiger partial charge in [-0.25, -0.2) is 0 Å². The van der Waals surface area contributed by atoms with Crippen LogP contribution >= 0.6 is 0 Å². The molecule has 1 aromatic carbocycles. The van der Waals surface area contributed by atoms with Crippen LogP contribution in [0.2, 0.25) is 0 Å². The summed E-state index contributed by atoms with van der Waals surface area (Å²) in [5.41, 5.74) is 1.82. The number of benzene rings is 1. The van der Waals surface area contributed by atoms with Crippen molar-refractivity contribution in [3.8, 4) is 23.1 Å². The average molecular weight is 200 g/mol. The largest absolute Gasteiger partial charge is 0.497 e. The van der Waals surface area contributed by atoms with E-state index in [1.807, 2.05) is 30.3 Å². The summed E-state index contributed by atoms with van der Waals surface area (Å²) in [6, 6.07) is 9.30. The monoisotopic (exact) mass is 200 g/mol. The van der Waals surface area contributed by atoms with Crippen LogP contribution in [0.15, 0.2) is 35.1 Å². The molecule has 0 unspecified atom stereocenters. The van der Waals surface area contributed by atoms with E-state index in [0.29, 0.717) is 11.3 Å². The van der Waals surface area contributed by atoms with Crippen LogP contribution < -0.4 is 4.74 Å². The van der Waals surface area contributed by atoms with Gasteiger partial charge in [-0.05, 0) is 24.3 Å². The lowest BCUT2D eigenvalue weighted by atomic mass is 10.1. The molecule has 0 amide bonds. The highest BCUT2D eigenvalue weighted by molar-refractivity contribution is 5.65. The van der Waals surface area contributed by atoms with Crippen molar-refractivity contribution in [1.82, 2.24) is 5.16 Å². The predicted octanol–water partition coefficient (Wildman–Crippen LogP) is 2.22. The highest BCUT2D eigenvalue weighted by Gasteiger charge is 2.09. The molecule has 0 N–H and O–H groups in total. The fourth-order valence-electron chi connectivity index (χ4n) is 1.27. The van der Waals surface area contributed by atoms with E-state index >= 15 is 0 Å². The first kappa shape index (κ1) is 9.28. The fraction of sp³-hybridized carbons (Fsp3) is 0.0909. The minimum Gasteiger partial charge on any atom is -0.497 e. The van der Waals surface area contributed by atoms with Gasteiger partial charge >= 0.3 is 0 Å². The summed E-state index contributed by atoms with van der Waals surface area (Å²) in [5, 5.41) is 12.6. The average Bonchev–Trinajstić information content (AvgIpc) is 2.77. The molecule has 4 heteroatoms. The van der Waals surface area contributed by atoms with Crippen LogP contribution in [0.4, 0.5) is 0 Å². The molecule has 0 saturated carbocycles. The maximum atomic E-state index is 8.79. The SMILES string of the molecule is COc1ccc(-c2nocc2C#N)cc1. The van der Waals surface area contributed by atoms with Crippen molar-refractivity contribution in [2.24, 2.45) is 0 Å². The van der Waals surface area contributed by atoms with Crippen molar-refractivity contribution in [3.63, 3.8) is 0 Å². The number of hydrogen-bond acceptors (Lipinski definition) is 4. The molecule has 0 atom stereocenters. The van der Waals surface area contributed by atoms with E-state index in [1.165, 1.54) is 6.26 Å². The molecule has 0 saturated heterocycles. The van der Waals surface area contributed by atoms with E-state index in [9.17, 15) is 0 Å². The maximum Gasteiger partial charge on any atom is 0.142 e.